The van der Waals surface area contributed by atoms with Gasteiger partial charge in [-0.15, -0.1) is 0 Å². The van der Waals surface area contributed by atoms with Crippen molar-refractivity contribution in [2.24, 2.45) is 5.92 Å². The number of methoxy groups -OCH3 is 1. The van der Waals surface area contributed by atoms with E-state index in [1.165, 1.54) is 0 Å². The van der Waals surface area contributed by atoms with Gasteiger partial charge < -0.3 is 4.74 Å². The summed E-state index contributed by atoms with van der Waals surface area (Å²) >= 11 is 3.22. The van der Waals surface area contributed by atoms with E-state index in [0.717, 1.165) is 24.0 Å². The number of hydrogen-bond donors (Lipinski definition) is 0. The fourth-order valence-corrected chi connectivity index (χ4v) is 2.75. The molecule has 15 heavy (non-hydrogen) atoms. The lowest BCUT2D eigenvalue weighted by Gasteiger charge is -2.16. The predicted molar refractivity (Wildman–Crippen MR) is 61.3 cm³/mol. The summed E-state index contributed by atoms with van der Waals surface area (Å²) in [6.45, 7) is 2.12. The zero-order chi connectivity index (χ0) is 11.0. The first kappa shape index (κ1) is 11.1. The molecule has 2 atom stereocenters. The van der Waals surface area contributed by atoms with Crippen LogP contribution >= 0.6 is 15.9 Å². The van der Waals surface area contributed by atoms with Crippen LogP contribution in [0.4, 0.5) is 4.39 Å². The van der Waals surface area contributed by atoms with Crippen molar-refractivity contribution in [2.75, 3.05) is 7.11 Å². The largest absolute Gasteiger partial charge is 0.376 e. The zero-order valence-corrected chi connectivity index (χ0v) is 10.5. The molecule has 1 aromatic rings. The molecule has 2 rings (SSSR count). The molecular weight excluding hydrogens is 259 g/mol. The van der Waals surface area contributed by atoms with Crippen molar-refractivity contribution >= 4 is 15.9 Å². The number of rotatable bonds is 2. The van der Waals surface area contributed by atoms with Gasteiger partial charge in [0.15, 0.2) is 0 Å². The minimum absolute atomic E-state index is 0.0626. The Balaban J connectivity index is 2.47. The van der Waals surface area contributed by atoms with E-state index in [1.807, 2.05) is 6.07 Å². The van der Waals surface area contributed by atoms with Gasteiger partial charge in [0, 0.05) is 7.11 Å². The lowest BCUT2D eigenvalue weighted by molar-refractivity contribution is 0.0612. The second-order valence-electron chi connectivity index (χ2n) is 3.96. The van der Waals surface area contributed by atoms with Crippen LogP contribution in [0.3, 0.4) is 0 Å². The molecule has 1 nitrogen and oxygen atoms in total. The molecule has 0 amide bonds. The summed E-state index contributed by atoms with van der Waals surface area (Å²) in [5.74, 6) is 0.291. The van der Waals surface area contributed by atoms with Crippen LogP contribution in [0.15, 0.2) is 16.6 Å². The van der Waals surface area contributed by atoms with Gasteiger partial charge >= 0.3 is 0 Å². The van der Waals surface area contributed by atoms with Crippen LogP contribution in [-0.2, 0) is 11.2 Å². The second kappa shape index (κ2) is 4.22. The van der Waals surface area contributed by atoms with Gasteiger partial charge in [-0.2, -0.15) is 0 Å². The maximum atomic E-state index is 13.8. The van der Waals surface area contributed by atoms with Crippen LogP contribution in [-0.4, -0.2) is 7.11 Å². The topological polar surface area (TPSA) is 9.23 Å². The number of ether oxygens (including phenoxy) is 1. The molecule has 0 heterocycles. The quantitative estimate of drug-likeness (QED) is 0.795. The molecule has 0 fully saturated rings. The van der Waals surface area contributed by atoms with Crippen LogP contribution in [0.25, 0.3) is 0 Å². The summed E-state index contributed by atoms with van der Waals surface area (Å²) < 4.78 is 19.8. The van der Waals surface area contributed by atoms with Crippen LogP contribution in [0.5, 0.6) is 0 Å². The minimum atomic E-state index is -0.120. The lowest BCUT2D eigenvalue weighted by Crippen LogP contribution is -2.08. The molecule has 0 aromatic heterocycles. The SMILES string of the molecule is CC[C@@H]1Cc2c(ccc(Br)c2F)[C@@H]1OC. The number of hydrogen-bond acceptors (Lipinski definition) is 1. The van der Waals surface area contributed by atoms with Crippen molar-refractivity contribution < 1.29 is 9.13 Å². The van der Waals surface area contributed by atoms with Gasteiger partial charge in [0.2, 0.25) is 0 Å². The van der Waals surface area contributed by atoms with E-state index in [-0.39, 0.29) is 11.9 Å². The molecule has 82 valence electrons. The third-order valence-corrected chi connectivity index (χ3v) is 3.82. The second-order valence-corrected chi connectivity index (χ2v) is 4.81. The molecule has 1 aromatic carbocycles. The lowest BCUT2D eigenvalue weighted by atomic mass is 10.0. The Bertz CT molecular complexity index is 378. The van der Waals surface area contributed by atoms with Gasteiger partial charge in [-0.1, -0.05) is 19.4 Å². The monoisotopic (exact) mass is 272 g/mol. The fourth-order valence-electron chi connectivity index (χ4n) is 2.38. The van der Waals surface area contributed by atoms with Crippen molar-refractivity contribution in [1.82, 2.24) is 0 Å². The van der Waals surface area contributed by atoms with Gasteiger partial charge in [0.1, 0.15) is 5.82 Å². The highest BCUT2D eigenvalue weighted by Gasteiger charge is 2.33. The van der Waals surface area contributed by atoms with Gasteiger partial charge in [-0.25, -0.2) is 4.39 Å². The van der Waals surface area contributed by atoms with E-state index in [0.29, 0.717) is 10.4 Å². The van der Waals surface area contributed by atoms with Crippen LogP contribution in [0.1, 0.15) is 30.6 Å². The zero-order valence-electron chi connectivity index (χ0n) is 8.89. The molecule has 0 aliphatic heterocycles. The summed E-state index contributed by atoms with van der Waals surface area (Å²) in [6.07, 6.45) is 1.87. The molecule has 0 N–H and O–H groups in total. The molecule has 0 unspecified atom stereocenters. The smallest absolute Gasteiger partial charge is 0.140 e. The third-order valence-electron chi connectivity index (χ3n) is 3.21. The highest BCUT2D eigenvalue weighted by atomic mass is 79.9. The Morgan fingerprint density at radius 1 is 1.53 bits per heavy atom. The van der Waals surface area contributed by atoms with Crippen molar-refractivity contribution in [2.45, 2.75) is 25.9 Å². The number of benzene rings is 1. The summed E-state index contributed by atoms with van der Waals surface area (Å²) in [5.41, 5.74) is 1.84. The summed E-state index contributed by atoms with van der Waals surface area (Å²) in [4.78, 5) is 0. The van der Waals surface area contributed by atoms with E-state index in [9.17, 15) is 4.39 Å². The van der Waals surface area contributed by atoms with E-state index in [1.54, 1.807) is 13.2 Å². The summed E-state index contributed by atoms with van der Waals surface area (Å²) in [5, 5.41) is 0. The van der Waals surface area contributed by atoms with E-state index in [4.69, 9.17) is 4.74 Å². The Kier molecular flexibility index (Phi) is 3.12. The normalized spacial score (nSPS) is 24.3. The fraction of sp³-hybridized carbons (Fsp3) is 0.500. The molecule has 0 bridgehead atoms. The highest BCUT2D eigenvalue weighted by Crippen LogP contribution is 2.42. The molecule has 1 aliphatic carbocycles. The van der Waals surface area contributed by atoms with Gasteiger partial charge in [0.25, 0.3) is 0 Å². The molecular formula is C12H14BrFO. The summed E-state index contributed by atoms with van der Waals surface area (Å²) in [6, 6.07) is 3.73. The number of fused-ring (bicyclic) bond motifs is 1. The van der Waals surface area contributed by atoms with E-state index >= 15 is 0 Å². The molecule has 0 radical (unpaired) electrons. The van der Waals surface area contributed by atoms with Crippen molar-refractivity contribution in [3.63, 3.8) is 0 Å². The van der Waals surface area contributed by atoms with Gasteiger partial charge in [-0.05, 0) is 45.5 Å². The Labute approximate surface area is 97.8 Å². The highest BCUT2D eigenvalue weighted by molar-refractivity contribution is 9.10. The van der Waals surface area contributed by atoms with E-state index in [2.05, 4.69) is 22.9 Å². The number of halogens is 2. The van der Waals surface area contributed by atoms with Crippen LogP contribution in [0, 0.1) is 11.7 Å². The van der Waals surface area contributed by atoms with Crippen molar-refractivity contribution in [3.8, 4) is 0 Å². The molecule has 3 heteroatoms. The molecule has 0 saturated carbocycles. The maximum absolute atomic E-state index is 13.8. The predicted octanol–water partition coefficient (Wildman–Crippen LogP) is 3.86. The summed E-state index contributed by atoms with van der Waals surface area (Å²) in [7, 11) is 1.70. The van der Waals surface area contributed by atoms with Crippen LogP contribution < -0.4 is 0 Å². The molecule has 0 spiro atoms. The average molecular weight is 273 g/mol. The average Bonchev–Trinajstić information content (AvgIpc) is 2.61. The van der Waals surface area contributed by atoms with Crippen molar-refractivity contribution in [3.05, 3.63) is 33.5 Å². The van der Waals surface area contributed by atoms with Gasteiger partial charge in [0.05, 0.1) is 10.6 Å². The van der Waals surface area contributed by atoms with E-state index < -0.39 is 0 Å². The van der Waals surface area contributed by atoms with Crippen LogP contribution in [0.2, 0.25) is 0 Å². The maximum Gasteiger partial charge on any atom is 0.140 e. The first-order valence-corrected chi connectivity index (χ1v) is 5.97. The third kappa shape index (κ3) is 1.72. The molecule has 1 aliphatic rings. The first-order valence-electron chi connectivity index (χ1n) is 5.18. The first-order chi connectivity index (χ1) is 7.19. The molecule has 0 saturated heterocycles. The van der Waals surface area contributed by atoms with Gasteiger partial charge in [-0.3, -0.25) is 0 Å². The van der Waals surface area contributed by atoms with Crippen molar-refractivity contribution in [1.29, 1.82) is 0 Å². The Morgan fingerprint density at radius 2 is 2.27 bits per heavy atom. The Morgan fingerprint density at radius 3 is 2.87 bits per heavy atom. The minimum Gasteiger partial charge on any atom is -0.376 e. The standard InChI is InChI=1S/C12H14BrFO/c1-3-7-6-9-8(12(7)15-2)4-5-10(13)11(9)14/h4-5,7,12H,3,6H2,1-2H3/t7-,12-/m1/s1. The Hall–Kier alpha value is -0.410.